The summed E-state index contributed by atoms with van der Waals surface area (Å²) in [5, 5.41) is 9.97. The largest absolute Gasteiger partial charge is 0.496 e. The van der Waals surface area contributed by atoms with Crippen LogP contribution >= 0.6 is 0 Å². The van der Waals surface area contributed by atoms with Crippen LogP contribution in [0.5, 0.6) is 5.75 Å². The number of ether oxygens (including phenoxy) is 1. The maximum Gasteiger partial charge on any atom is 0.433 e. The lowest BCUT2D eigenvalue weighted by Crippen LogP contribution is -2.41. The number of halogens is 3. The Morgan fingerprint density at radius 3 is 2.39 bits per heavy atom. The van der Waals surface area contributed by atoms with Gasteiger partial charge < -0.3 is 9.84 Å². The first-order valence-corrected chi connectivity index (χ1v) is 7.55. The average molecular weight is 328 g/mol. The van der Waals surface area contributed by atoms with Crippen LogP contribution in [0, 0.1) is 25.2 Å². The zero-order chi connectivity index (χ0) is 17.8. The highest BCUT2D eigenvalue weighted by Crippen LogP contribution is 2.43. The van der Waals surface area contributed by atoms with Crippen LogP contribution in [0.2, 0.25) is 0 Å². The van der Waals surface area contributed by atoms with Gasteiger partial charge in [0.25, 0.3) is 5.60 Å². The highest BCUT2D eigenvalue weighted by atomic mass is 19.4. The standard InChI is InChI=1S/C18H23F3O2/c1-6-12(3)8-9-14-11-16(23-5)15(10-13(14)4)17(22,7-2)18(19,20)21/h2,10-12,22H,6,8-9H2,1,3-5H3. The van der Waals surface area contributed by atoms with Crippen LogP contribution in [0.4, 0.5) is 13.2 Å². The van der Waals surface area contributed by atoms with Crippen LogP contribution in [-0.2, 0) is 12.0 Å². The molecule has 1 rings (SSSR count). The smallest absolute Gasteiger partial charge is 0.433 e. The van der Waals surface area contributed by atoms with Gasteiger partial charge in [-0.15, -0.1) is 6.42 Å². The van der Waals surface area contributed by atoms with Crippen molar-refractivity contribution in [2.75, 3.05) is 7.11 Å². The minimum Gasteiger partial charge on any atom is -0.496 e. The van der Waals surface area contributed by atoms with E-state index in [1.54, 1.807) is 13.0 Å². The van der Waals surface area contributed by atoms with Crippen LogP contribution in [-0.4, -0.2) is 18.4 Å². The van der Waals surface area contributed by atoms with E-state index in [9.17, 15) is 18.3 Å². The zero-order valence-electron chi connectivity index (χ0n) is 13.9. The number of benzene rings is 1. The highest BCUT2D eigenvalue weighted by molar-refractivity contribution is 5.49. The lowest BCUT2D eigenvalue weighted by molar-refractivity contribution is -0.241. The molecule has 1 aromatic rings. The van der Waals surface area contributed by atoms with Crippen molar-refractivity contribution in [2.24, 2.45) is 5.92 Å². The third kappa shape index (κ3) is 4.00. The maximum absolute atomic E-state index is 13.2. The predicted octanol–water partition coefficient (Wildman–Crippen LogP) is 4.37. The highest BCUT2D eigenvalue weighted by Gasteiger charge is 2.55. The molecule has 0 saturated carbocycles. The molecule has 0 amide bonds. The Bertz CT molecular complexity index is 587. The van der Waals surface area contributed by atoms with Crippen LogP contribution in [0.15, 0.2) is 12.1 Å². The SMILES string of the molecule is C#CC(O)(c1cc(C)c(CCC(C)CC)cc1OC)C(F)(F)F. The van der Waals surface area contributed by atoms with Gasteiger partial charge in [0, 0.05) is 5.56 Å². The first kappa shape index (κ1) is 19.4. The third-order valence-corrected chi connectivity index (χ3v) is 4.27. The maximum atomic E-state index is 13.2. The number of terminal acetylenes is 1. The zero-order valence-corrected chi connectivity index (χ0v) is 13.9. The van der Waals surface area contributed by atoms with E-state index in [0.717, 1.165) is 24.8 Å². The van der Waals surface area contributed by atoms with Crippen molar-refractivity contribution >= 4 is 0 Å². The summed E-state index contributed by atoms with van der Waals surface area (Å²) in [6.45, 7) is 5.93. The molecule has 0 aromatic heterocycles. The third-order valence-electron chi connectivity index (χ3n) is 4.27. The van der Waals surface area contributed by atoms with Gasteiger partial charge in [0.15, 0.2) is 0 Å². The molecule has 0 fully saturated rings. The summed E-state index contributed by atoms with van der Waals surface area (Å²) in [4.78, 5) is 0. The molecule has 2 nitrogen and oxygen atoms in total. The van der Waals surface area contributed by atoms with Gasteiger partial charge in [-0.05, 0) is 48.9 Å². The molecule has 128 valence electrons. The Labute approximate surface area is 135 Å². The fourth-order valence-corrected chi connectivity index (χ4v) is 2.37. The molecule has 0 aliphatic heterocycles. The topological polar surface area (TPSA) is 29.5 Å². The van der Waals surface area contributed by atoms with Crippen LogP contribution < -0.4 is 4.74 Å². The van der Waals surface area contributed by atoms with Gasteiger partial charge in [0.2, 0.25) is 0 Å². The van der Waals surface area contributed by atoms with E-state index in [0.29, 0.717) is 11.5 Å². The van der Waals surface area contributed by atoms with Gasteiger partial charge in [-0.2, -0.15) is 13.2 Å². The minimum atomic E-state index is -4.99. The van der Waals surface area contributed by atoms with E-state index >= 15 is 0 Å². The number of hydrogen-bond donors (Lipinski definition) is 1. The van der Waals surface area contributed by atoms with Crippen LogP contribution in [0.25, 0.3) is 0 Å². The lowest BCUT2D eigenvalue weighted by Gasteiger charge is -2.28. The molecule has 0 spiro atoms. The number of aliphatic hydroxyl groups is 1. The van der Waals surface area contributed by atoms with Crippen molar-refractivity contribution in [3.8, 4) is 18.1 Å². The summed E-state index contributed by atoms with van der Waals surface area (Å²) in [5.74, 6) is 1.94. The average Bonchev–Trinajstić information content (AvgIpc) is 2.50. The lowest BCUT2D eigenvalue weighted by atomic mass is 9.88. The van der Waals surface area contributed by atoms with Gasteiger partial charge in [-0.1, -0.05) is 26.2 Å². The van der Waals surface area contributed by atoms with Crippen molar-refractivity contribution in [3.05, 3.63) is 28.8 Å². The summed E-state index contributed by atoms with van der Waals surface area (Å²) in [7, 11) is 1.26. The molecule has 23 heavy (non-hydrogen) atoms. The molecule has 0 heterocycles. The summed E-state index contributed by atoms with van der Waals surface area (Å²) < 4.78 is 44.6. The second kappa shape index (κ2) is 7.27. The van der Waals surface area contributed by atoms with Gasteiger partial charge in [-0.3, -0.25) is 0 Å². The molecule has 5 heteroatoms. The Morgan fingerprint density at radius 2 is 1.96 bits per heavy atom. The first-order chi connectivity index (χ1) is 10.6. The molecular weight excluding hydrogens is 305 g/mol. The van der Waals surface area contributed by atoms with Gasteiger partial charge in [-0.25, -0.2) is 0 Å². The summed E-state index contributed by atoms with van der Waals surface area (Å²) in [6, 6.07) is 2.82. The second-order valence-corrected chi connectivity index (χ2v) is 5.88. The van der Waals surface area contributed by atoms with E-state index in [2.05, 4.69) is 13.8 Å². The molecular formula is C18H23F3O2. The first-order valence-electron chi connectivity index (χ1n) is 7.55. The fourth-order valence-electron chi connectivity index (χ4n) is 2.37. The monoisotopic (exact) mass is 328 g/mol. The molecule has 0 aliphatic carbocycles. The van der Waals surface area contributed by atoms with E-state index in [4.69, 9.17) is 11.2 Å². The number of hydrogen-bond acceptors (Lipinski definition) is 2. The van der Waals surface area contributed by atoms with Gasteiger partial charge >= 0.3 is 6.18 Å². The molecule has 0 radical (unpaired) electrons. The summed E-state index contributed by atoms with van der Waals surface area (Å²) in [5.41, 5.74) is -2.26. The molecule has 2 atom stereocenters. The van der Waals surface area contributed by atoms with E-state index in [1.807, 2.05) is 0 Å². The van der Waals surface area contributed by atoms with E-state index in [-0.39, 0.29) is 5.75 Å². The van der Waals surface area contributed by atoms with Gasteiger partial charge in [0.05, 0.1) is 7.11 Å². The predicted molar refractivity (Wildman–Crippen MR) is 84.3 cm³/mol. The summed E-state index contributed by atoms with van der Waals surface area (Å²) in [6.07, 6.45) is 2.70. The molecule has 1 N–H and O–H groups in total. The molecule has 0 aliphatic rings. The number of rotatable bonds is 6. The summed E-state index contributed by atoms with van der Waals surface area (Å²) >= 11 is 0. The Kier molecular flexibility index (Phi) is 6.12. The molecule has 0 saturated heterocycles. The van der Waals surface area contributed by atoms with Crippen molar-refractivity contribution in [1.82, 2.24) is 0 Å². The van der Waals surface area contributed by atoms with Crippen molar-refractivity contribution in [3.63, 3.8) is 0 Å². The minimum absolute atomic E-state index is 0.0486. The van der Waals surface area contributed by atoms with E-state index in [1.165, 1.54) is 19.1 Å². The number of aryl methyl sites for hydroxylation is 2. The van der Waals surface area contributed by atoms with Gasteiger partial charge in [0.1, 0.15) is 5.75 Å². The normalized spacial score (nSPS) is 15.6. The Hall–Kier alpha value is -1.67. The van der Waals surface area contributed by atoms with Crippen LogP contribution in [0.3, 0.4) is 0 Å². The van der Waals surface area contributed by atoms with Crippen molar-refractivity contribution < 1.29 is 23.0 Å². The molecule has 1 aromatic carbocycles. The Balaban J connectivity index is 3.32. The second-order valence-electron chi connectivity index (χ2n) is 5.88. The van der Waals surface area contributed by atoms with Crippen molar-refractivity contribution in [2.45, 2.75) is 51.8 Å². The van der Waals surface area contributed by atoms with Crippen molar-refractivity contribution in [1.29, 1.82) is 0 Å². The quantitative estimate of drug-likeness (QED) is 0.786. The Morgan fingerprint density at radius 1 is 1.35 bits per heavy atom. The fraction of sp³-hybridized carbons (Fsp3) is 0.556. The number of alkyl halides is 3. The molecule has 2 unspecified atom stereocenters. The number of methoxy groups -OCH3 is 1. The molecule has 0 bridgehead atoms. The van der Waals surface area contributed by atoms with Crippen LogP contribution in [0.1, 0.15) is 43.4 Å². The van der Waals surface area contributed by atoms with E-state index < -0.39 is 17.3 Å².